The summed E-state index contributed by atoms with van der Waals surface area (Å²) in [5.74, 6) is -0.391. The van der Waals surface area contributed by atoms with Crippen molar-refractivity contribution in [3.05, 3.63) is 27.2 Å². The van der Waals surface area contributed by atoms with Gasteiger partial charge in [-0.25, -0.2) is 8.42 Å². The van der Waals surface area contributed by atoms with Crippen LogP contribution in [0.5, 0.6) is 0 Å². The van der Waals surface area contributed by atoms with Gasteiger partial charge in [0.2, 0.25) is 0 Å². The van der Waals surface area contributed by atoms with E-state index in [2.05, 4.69) is 21.2 Å². The zero-order valence-electron chi connectivity index (χ0n) is 10.7. The van der Waals surface area contributed by atoms with E-state index in [9.17, 15) is 13.2 Å². The van der Waals surface area contributed by atoms with Crippen LogP contribution < -0.4 is 5.32 Å². The fraction of sp³-hybridized carbons (Fsp3) is 0.417. The van der Waals surface area contributed by atoms with Gasteiger partial charge in [0, 0.05) is 35.5 Å². The van der Waals surface area contributed by atoms with Gasteiger partial charge in [-0.05, 0) is 40.9 Å². The number of carbonyl (C=O) groups is 1. The molecule has 116 valence electrons. The molecule has 0 radical (unpaired) electrons. The quantitative estimate of drug-likeness (QED) is 0.768. The number of hydrogen-bond acceptors (Lipinski definition) is 4. The van der Waals surface area contributed by atoms with Crippen molar-refractivity contribution in [3.8, 4) is 0 Å². The second kappa shape index (κ2) is 6.83. The van der Waals surface area contributed by atoms with Crippen molar-refractivity contribution in [2.45, 2.75) is 23.8 Å². The highest BCUT2D eigenvalue weighted by molar-refractivity contribution is 9.10. The summed E-state index contributed by atoms with van der Waals surface area (Å²) >= 11 is 9.00. The van der Waals surface area contributed by atoms with Gasteiger partial charge in [0.25, 0.3) is 15.0 Å². The molecule has 1 fully saturated rings. The van der Waals surface area contributed by atoms with Gasteiger partial charge in [-0.2, -0.15) is 0 Å². The first-order valence-corrected chi connectivity index (χ1v) is 9.59. The van der Waals surface area contributed by atoms with Gasteiger partial charge in [0.1, 0.15) is 0 Å². The standard InChI is InChI=1S/C12H12BrCl2NO4S/c13-11-9(14)5-7(6-10(11)21(15,18)19)12(17)16-8-1-3-20-4-2-8/h5-6,8H,1-4H2,(H,16,17). The van der Waals surface area contributed by atoms with E-state index in [1.54, 1.807) is 0 Å². The lowest BCUT2D eigenvalue weighted by atomic mass is 10.1. The predicted molar refractivity (Wildman–Crippen MR) is 83.5 cm³/mol. The van der Waals surface area contributed by atoms with Gasteiger partial charge in [-0.15, -0.1) is 0 Å². The summed E-state index contributed by atoms with van der Waals surface area (Å²) < 4.78 is 28.3. The summed E-state index contributed by atoms with van der Waals surface area (Å²) in [7, 11) is 1.34. The zero-order chi connectivity index (χ0) is 15.6. The van der Waals surface area contributed by atoms with Gasteiger partial charge in [-0.1, -0.05) is 11.6 Å². The molecule has 1 aliphatic rings. The van der Waals surface area contributed by atoms with Crippen molar-refractivity contribution in [2.75, 3.05) is 13.2 Å². The van der Waals surface area contributed by atoms with E-state index in [1.807, 2.05) is 0 Å². The topological polar surface area (TPSA) is 72.5 Å². The molecule has 9 heteroatoms. The second-order valence-corrected chi connectivity index (χ2v) is 8.30. The van der Waals surface area contributed by atoms with Gasteiger partial charge in [-0.3, -0.25) is 4.79 Å². The first kappa shape index (κ1) is 17.0. The minimum Gasteiger partial charge on any atom is -0.381 e. The number of carbonyl (C=O) groups excluding carboxylic acids is 1. The summed E-state index contributed by atoms with van der Waals surface area (Å²) in [6.45, 7) is 1.18. The van der Waals surface area contributed by atoms with Crippen LogP contribution in [0.15, 0.2) is 21.5 Å². The lowest BCUT2D eigenvalue weighted by Gasteiger charge is -2.23. The van der Waals surface area contributed by atoms with Crippen LogP contribution in [0.3, 0.4) is 0 Å². The van der Waals surface area contributed by atoms with Crippen LogP contribution in [0.2, 0.25) is 5.02 Å². The fourth-order valence-corrected chi connectivity index (χ4v) is 4.36. The van der Waals surface area contributed by atoms with Crippen LogP contribution >= 0.6 is 38.2 Å². The molecule has 1 aromatic carbocycles. The molecule has 0 aliphatic carbocycles. The van der Waals surface area contributed by atoms with Crippen LogP contribution in [0.25, 0.3) is 0 Å². The fourth-order valence-electron chi connectivity index (χ4n) is 1.98. The summed E-state index contributed by atoms with van der Waals surface area (Å²) in [5.41, 5.74) is 0.147. The third-order valence-corrected chi connectivity index (χ3v) is 6.07. The van der Waals surface area contributed by atoms with E-state index in [0.717, 1.165) is 12.8 Å². The van der Waals surface area contributed by atoms with Crippen molar-refractivity contribution in [1.82, 2.24) is 5.32 Å². The molecule has 1 N–H and O–H groups in total. The Morgan fingerprint density at radius 2 is 1.95 bits per heavy atom. The molecule has 1 amide bonds. The number of amides is 1. The first-order valence-electron chi connectivity index (χ1n) is 6.11. The number of hydrogen-bond donors (Lipinski definition) is 1. The van der Waals surface area contributed by atoms with Crippen LogP contribution in [-0.4, -0.2) is 33.6 Å². The molecule has 21 heavy (non-hydrogen) atoms. The van der Waals surface area contributed by atoms with Gasteiger partial charge < -0.3 is 10.1 Å². The van der Waals surface area contributed by atoms with Crippen molar-refractivity contribution >= 4 is 53.2 Å². The Morgan fingerprint density at radius 3 is 2.52 bits per heavy atom. The van der Waals surface area contributed by atoms with Crippen LogP contribution in [0, 0.1) is 0 Å². The monoisotopic (exact) mass is 415 g/mol. The average Bonchev–Trinajstić information content (AvgIpc) is 2.41. The Kier molecular flexibility index (Phi) is 5.54. The molecule has 1 aliphatic heterocycles. The number of nitrogens with one attached hydrogen (secondary N) is 1. The average molecular weight is 417 g/mol. The zero-order valence-corrected chi connectivity index (χ0v) is 14.6. The lowest BCUT2D eigenvalue weighted by Crippen LogP contribution is -2.38. The first-order chi connectivity index (χ1) is 9.79. The molecule has 0 saturated carbocycles. The Morgan fingerprint density at radius 1 is 1.33 bits per heavy atom. The highest BCUT2D eigenvalue weighted by atomic mass is 79.9. The van der Waals surface area contributed by atoms with E-state index in [1.165, 1.54) is 12.1 Å². The summed E-state index contributed by atoms with van der Waals surface area (Å²) in [4.78, 5) is 12.0. The largest absolute Gasteiger partial charge is 0.381 e. The molecular weight excluding hydrogens is 405 g/mol. The Hall–Kier alpha value is -0.340. The van der Waals surface area contributed by atoms with Crippen LogP contribution in [-0.2, 0) is 13.8 Å². The Balaban J connectivity index is 2.27. The Labute approximate surface area is 140 Å². The van der Waals surface area contributed by atoms with Crippen LogP contribution in [0.4, 0.5) is 0 Å². The normalized spacial score (nSPS) is 16.7. The summed E-state index contributed by atoms with van der Waals surface area (Å²) in [6.07, 6.45) is 1.44. The van der Waals surface area contributed by atoms with Crippen molar-refractivity contribution in [2.24, 2.45) is 0 Å². The van der Waals surface area contributed by atoms with E-state index < -0.39 is 15.0 Å². The van der Waals surface area contributed by atoms with Crippen molar-refractivity contribution < 1.29 is 17.9 Å². The SMILES string of the molecule is O=C(NC1CCOCC1)c1cc(Cl)c(Br)c(S(=O)(=O)Cl)c1. The molecule has 0 unspecified atom stereocenters. The minimum atomic E-state index is -4.00. The number of benzene rings is 1. The molecule has 5 nitrogen and oxygen atoms in total. The molecule has 0 aromatic heterocycles. The molecule has 2 rings (SSSR count). The maximum Gasteiger partial charge on any atom is 0.262 e. The van der Waals surface area contributed by atoms with Gasteiger partial charge >= 0.3 is 0 Å². The van der Waals surface area contributed by atoms with Gasteiger partial charge in [0.15, 0.2) is 0 Å². The molecule has 1 saturated heterocycles. The molecule has 1 heterocycles. The molecule has 0 atom stereocenters. The summed E-state index contributed by atoms with van der Waals surface area (Å²) in [5, 5.41) is 2.94. The predicted octanol–water partition coefficient (Wildman–Crippen LogP) is 2.94. The molecular formula is C12H12BrCl2NO4S. The van der Waals surface area contributed by atoms with E-state index >= 15 is 0 Å². The second-order valence-electron chi connectivity index (χ2n) is 4.57. The highest BCUT2D eigenvalue weighted by Crippen LogP contribution is 2.33. The smallest absolute Gasteiger partial charge is 0.262 e. The van der Waals surface area contributed by atoms with Crippen molar-refractivity contribution in [3.63, 3.8) is 0 Å². The third kappa shape index (κ3) is 4.32. The maximum atomic E-state index is 12.2. The molecule has 0 bridgehead atoms. The Bertz CT molecular complexity index is 659. The third-order valence-electron chi connectivity index (χ3n) is 3.08. The van der Waals surface area contributed by atoms with Crippen LogP contribution in [0.1, 0.15) is 23.2 Å². The number of rotatable bonds is 3. The van der Waals surface area contributed by atoms with E-state index in [4.69, 9.17) is 27.0 Å². The lowest BCUT2D eigenvalue weighted by molar-refractivity contribution is 0.0696. The van der Waals surface area contributed by atoms with Crippen molar-refractivity contribution in [1.29, 1.82) is 0 Å². The maximum absolute atomic E-state index is 12.2. The minimum absolute atomic E-state index is 0.00438. The molecule has 1 aromatic rings. The highest BCUT2D eigenvalue weighted by Gasteiger charge is 2.22. The van der Waals surface area contributed by atoms with E-state index in [0.29, 0.717) is 13.2 Å². The summed E-state index contributed by atoms with van der Waals surface area (Å²) in [6, 6.07) is 2.60. The van der Waals surface area contributed by atoms with Gasteiger partial charge in [0.05, 0.1) is 14.4 Å². The number of halogens is 3. The molecule has 0 spiro atoms. The van der Waals surface area contributed by atoms with E-state index in [-0.39, 0.29) is 26.0 Å². The number of ether oxygens (including phenoxy) is 1.